The Bertz CT molecular complexity index is 786. The number of anilines is 2. The fraction of sp³-hybridized carbons (Fsp3) is 0.235. The van der Waals surface area contributed by atoms with Gasteiger partial charge in [0.1, 0.15) is 5.82 Å². The third kappa shape index (κ3) is 3.78. The molecule has 0 bridgehead atoms. The van der Waals surface area contributed by atoms with Crippen LogP contribution in [-0.2, 0) is 11.0 Å². The number of rotatable bonds is 3. The van der Waals surface area contributed by atoms with Crippen LogP contribution in [0.3, 0.4) is 0 Å². The summed E-state index contributed by atoms with van der Waals surface area (Å²) in [5, 5.41) is 2.51. The predicted molar refractivity (Wildman–Crippen MR) is 85.2 cm³/mol. The minimum atomic E-state index is -4.45. The first-order valence-corrected chi connectivity index (χ1v) is 7.59. The van der Waals surface area contributed by atoms with Gasteiger partial charge >= 0.3 is 6.18 Å². The van der Waals surface area contributed by atoms with E-state index in [1.165, 1.54) is 6.20 Å². The van der Waals surface area contributed by atoms with E-state index in [2.05, 4.69) is 10.3 Å². The van der Waals surface area contributed by atoms with Crippen LogP contribution in [0.15, 0.2) is 42.6 Å². The number of pyridine rings is 1. The molecule has 25 heavy (non-hydrogen) atoms. The lowest BCUT2D eigenvalue weighted by Gasteiger charge is -2.15. The number of amides is 2. The van der Waals surface area contributed by atoms with Crippen LogP contribution in [0.25, 0.3) is 0 Å². The van der Waals surface area contributed by atoms with E-state index in [1.54, 1.807) is 17.0 Å². The molecule has 1 aliphatic heterocycles. The van der Waals surface area contributed by atoms with Crippen molar-refractivity contribution in [1.82, 2.24) is 4.98 Å². The number of halogens is 3. The van der Waals surface area contributed by atoms with Crippen LogP contribution in [0.4, 0.5) is 24.7 Å². The monoisotopic (exact) mass is 349 g/mol. The van der Waals surface area contributed by atoms with Crippen LogP contribution < -0.4 is 10.2 Å². The van der Waals surface area contributed by atoms with E-state index in [0.717, 1.165) is 30.7 Å². The number of alkyl halides is 3. The fourth-order valence-electron chi connectivity index (χ4n) is 2.54. The molecule has 0 atom stereocenters. The Balaban J connectivity index is 1.67. The van der Waals surface area contributed by atoms with E-state index >= 15 is 0 Å². The summed E-state index contributed by atoms with van der Waals surface area (Å²) in [7, 11) is 0. The molecule has 1 saturated heterocycles. The van der Waals surface area contributed by atoms with Crippen LogP contribution in [0.2, 0.25) is 0 Å². The van der Waals surface area contributed by atoms with Crippen LogP contribution in [0.1, 0.15) is 28.8 Å². The van der Waals surface area contributed by atoms with Crippen molar-refractivity contribution in [3.8, 4) is 0 Å². The lowest BCUT2D eigenvalue weighted by molar-refractivity contribution is -0.137. The molecule has 0 saturated carbocycles. The Morgan fingerprint density at radius 2 is 1.84 bits per heavy atom. The second kappa shape index (κ2) is 6.54. The highest BCUT2D eigenvalue weighted by atomic mass is 19.4. The van der Waals surface area contributed by atoms with Crippen molar-refractivity contribution in [3.05, 3.63) is 53.7 Å². The van der Waals surface area contributed by atoms with Crippen molar-refractivity contribution in [2.45, 2.75) is 19.0 Å². The standard InChI is InChI=1S/C17H14F3N3O2/c18-17(19,20)12-5-3-11(4-6-12)16(25)22-14-8-7-13(10-21-14)23-9-1-2-15(23)24/h3-8,10H,1-2,9H2,(H,21,22,25). The highest BCUT2D eigenvalue weighted by Gasteiger charge is 2.30. The summed E-state index contributed by atoms with van der Waals surface area (Å²) in [4.78, 5) is 29.4. The van der Waals surface area contributed by atoms with Crippen LogP contribution in [0, 0.1) is 0 Å². The number of nitrogens with one attached hydrogen (secondary N) is 1. The molecule has 8 heteroatoms. The van der Waals surface area contributed by atoms with Crippen molar-refractivity contribution in [2.24, 2.45) is 0 Å². The number of nitrogens with zero attached hydrogens (tertiary/aromatic N) is 2. The summed E-state index contributed by atoms with van der Waals surface area (Å²) in [6.07, 6.45) is -1.66. The number of carbonyl (C=O) groups excluding carboxylic acids is 2. The Kier molecular flexibility index (Phi) is 4.43. The maximum atomic E-state index is 12.5. The van der Waals surface area contributed by atoms with Crippen LogP contribution in [0.5, 0.6) is 0 Å². The topological polar surface area (TPSA) is 62.3 Å². The Labute approximate surface area is 141 Å². The van der Waals surface area contributed by atoms with Gasteiger partial charge in [-0.3, -0.25) is 9.59 Å². The van der Waals surface area contributed by atoms with Gasteiger partial charge in [-0.25, -0.2) is 4.98 Å². The van der Waals surface area contributed by atoms with Gasteiger partial charge in [0.25, 0.3) is 5.91 Å². The van der Waals surface area contributed by atoms with Gasteiger partial charge in [-0.15, -0.1) is 0 Å². The molecule has 0 unspecified atom stereocenters. The number of hydrogen-bond acceptors (Lipinski definition) is 3. The zero-order chi connectivity index (χ0) is 18.0. The minimum absolute atomic E-state index is 0.0309. The number of benzene rings is 1. The normalized spacial score (nSPS) is 14.7. The average molecular weight is 349 g/mol. The van der Waals surface area contributed by atoms with Gasteiger partial charge in [-0.2, -0.15) is 13.2 Å². The fourth-order valence-corrected chi connectivity index (χ4v) is 2.54. The van der Waals surface area contributed by atoms with Gasteiger partial charge in [0.2, 0.25) is 5.91 Å². The smallest absolute Gasteiger partial charge is 0.311 e. The molecule has 1 aromatic carbocycles. The zero-order valence-electron chi connectivity index (χ0n) is 13.0. The summed E-state index contributed by atoms with van der Waals surface area (Å²) in [5.41, 5.74) is -0.0783. The van der Waals surface area contributed by atoms with E-state index in [9.17, 15) is 22.8 Å². The molecule has 5 nitrogen and oxygen atoms in total. The Morgan fingerprint density at radius 1 is 1.12 bits per heavy atom. The Hall–Kier alpha value is -2.90. The molecule has 1 aliphatic rings. The minimum Gasteiger partial charge on any atom is -0.311 e. The second-order valence-electron chi connectivity index (χ2n) is 5.58. The average Bonchev–Trinajstić information content (AvgIpc) is 3.01. The Morgan fingerprint density at radius 3 is 2.36 bits per heavy atom. The lowest BCUT2D eigenvalue weighted by Crippen LogP contribution is -2.23. The van der Waals surface area contributed by atoms with Crippen molar-refractivity contribution in [3.63, 3.8) is 0 Å². The maximum Gasteiger partial charge on any atom is 0.416 e. The first-order chi connectivity index (χ1) is 11.8. The molecule has 130 valence electrons. The summed E-state index contributed by atoms with van der Waals surface area (Å²) < 4.78 is 37.6. The van der Waals surface area contributed by atoms with Crippen molar-refractivity contribution in [1.29, 1.82) is 0 Å². The van der Waals surface area contributed by atoms with Gasteiger partial charge in [-0.1, -0.05) is 0 Å². The molecule has 0 radical (unpaired) electrons. The molecule has 2 amide bonds. The van der Waals surface area contributed by atoms with Gasteiger partial charge in [0.15, 0.2) is 0 Å². The predicted octanol–water partition coefficient (Wildman–Crippen LogP) is 3.48. The number of hydrogen-bond donors (Lipinski definition) is 1. The SMILES string of the molecule is O=C(Nc1ccc(N2CCCC2=O)cn1)c1ccc(C(F)(F)F)cc1. The van der Waals surface area contributed by atoms with Crippen molar-refractivity contribution < 1.29 is 22.8 Å². The number of aromatic nitrogens is 1. The summed E-state index contributed by atoms with van der Waals surface area (Å²) in [6.45, 7) is 0.637. The highest BCUT2D eigenvalue weighted by molar-refractivity contribution is 6.04. The third-order valence-electron chi connectivity index (χ3n) is 3.85. The molecule has 2 heterocycles. The van der Waals surface area contributed by atoms with Crippen LogP contribution in [-0.4, -0.2) is 23.3 Å². The molecule has 3 rings (SSSR count). The van der Waals surface area contributed by atoms with Gasteiger partial charge < -0.3 is 10.2 Å². The quantitative estimate of drug-likeness (QED) is 0.923. The third-order valence-corrected chi connectivity index (χ3v) is 3.85. The summed E-state index contributed by atoms with van der Waals surface area (Å²) >= 11 is 0. The van der Waals surface area contributed by atoms with E-state index in [4.69, 9.17) is 0 Å². The molecule has 2 aromatic rings. The van der Waals surface area contributed by atoms with Gasteiger partial charge in [0, 0.05) is 18.5 Å². The van der Waals surface area contributed by atoms with E-state index < -0.39 is 17.6 Å². The maximum absolute atomic E-state index is 12.5. The first kappa shape index (κ1) is 16.9. The number of carbonyl (C=O) groups is 2. The molecule has 1 N–H and O–H groups in total. The van der Waals surface area contributed by atoms with E-state index in [-0.39, 0.29) is 17.3 Å². The van der Waals surface area contributed by atoms with Crippen LogP contribution >= 0.6 is 0 Å². The summed E-state index contributed by atoms with van der Waals surface area (Å²) in [6, 6.07) is 7.13. The largest absolute Gasteiger partial charge is 0.416 e. The molecular formula is C17H14F3N3O2. The van der Waals surface area contributed by atoms with Gasteiger partial charge in [-0.05, 0) is 42.8 Å². The van der Waals surface area contributed by atoms with E-state index in [1.807, 2.05) is 0 Å². The van der Waals surface area contributed by atoms with Crippen molar-refractivity contribution in [2.75, 3.05) is 16.8 Å². The molecule has 0 spiro atoms. The molecule has 1 aromatic heterocycles. The van der Waals surface area contributed by atoms with Crippen molar-refractivity contribution >= 4 is 23.3 Å². The molecular weight excluding hydrogens is 335 g/mol. The van der Waals surface area contributed by atoms with E-state index in [0.29, 0.717) is 18.7 Å². The highest BCUT2D eigenvalue weighted by Crippen LogP contribution is 2.29. The first-order valence-electron chi connectivity index (χ1n) is 7.59. The molecule has 0 aliphatic carbocycles. The second-order valence-corrected chi connectivity index (χ2v) is 5.58. The zero-order valence-corrected chi connectivity index (χ0v) is 13.0. The molecule has 1 fully saturated rings. The lowest BCUT2D eigenvalue weighted by atomic mass is 10.1. The summed E-state index contributed by atoms with van der Waals surface area (Å²) in [5.74, 6) is -0.283. The van der Waals surface area contributed by atoms with Gasteiger partial charge in [0.05, 0.1) is 17.4 Å².